The SMILES string of the molecule is [B][B]B([B])B([B])[B]B([B])[B].[U].[U].[U].[U]. The maximum absolute atomic E-state index is 5.48. The van der Waals surface area contributed by atoms with Gasteiger partial charge in [-0.05, 0) is 0 Å². The molecule has 0 N–H and O–H groups in total. The normalized spacial score (nSPS) is 5.71. The van der Waals surface area contributed by atoms with Crippen LogP contribution in [-0.2, 0) is 0 Å². The van der Waals surface area contributed by atoms with E-state index in [1.54, 1.807) is 0 Å². The van der Waals surface area contributed by atoms with Crippen LogP contribution < -0.4 is 0 Å². The molecule has 0 aliphatic rings. The van der Waals surface area contributed by atoms with Crippen LogP contribution in [-0.4, -0.2) is 72.0 Å². The van der Waals surface area contributed by atoms with Crippen molar-refractivity contribution in [1.29, 1.82) is 0 Å². The fourth-order valence-corrected chi connectivity index (χ4v) is 0.513. The van der Waals surface area contributed by atoms with Crippen LogP contribution in [0, 0.1) is 124 Å². The third-order valence-corrected chi connectivity index (χ3v) is 1.11. The van der Waals surface area contributed by atoms with Crippen LogP contribution in [0.2, 0.25) is 0 Å². The Morgan fingerprint density at radius 2 is 1.07 bits per heavy atom. The quantitative estimate of drug-likeness (QED) is 0.254. The molecule has 0 spiro atoms. The molecule has 0 aromatic rings. The molecular formula is B10U4. The zero-order valence-corrected chi connectivity index (χ0v) is 24.4. The molecule has 0 fully saturated rings. The smallest absolute Gasteiger partial charge is 0 e. The molecule has 0 saturated carbocycles. The van der Waals surface area contributed by atoms with Gasteiger partial charge in [-0.3, -0.25) is 0 Å². The van der Waals surface area contributed by atoms with Gasteiger partial charge in [0, 0.05) is 196 Å². The Kier molecular flexibility index (Phi) is 45.1. The van der Waals surface area contributed by atoms with Gasteiger partial charge in [0.25, 0.3) is 0 Å². The molecule has 0 unspecified atom stereocenters. The predicted molar refractivity (Wildman–Crippen MR) is 57.5 cm³/mol. The van der Waals surface area contributed by atoms with E-state index in [2.05, 4.69) is 0 Å². The number of hydrogen-bond donors (Lipinski definition) is 0. The van der Waals surface area contributed by atoms with Crippen LogP contribution in [0.5, 0.6) is 0 Å². The molecule has 0 aliphatic heterocycles. The van der Waals surface area contributed by atoms with Crippen LogP contribution >= 0.6 is 0 Å². The molecule has 12 radical (unpaired) electrons. The maximum atomic E-state index is 5.48. The summed E-state index contributed by atoms with van der Waals surface area (Å²) in [7, 11) is 29.3. The summed E-state index contributed by atoms with van der Waals surface area (Å²) in [4.78, 5) is 0. The summed E-state index contributed by atoms with van der Waals surface area (Å²) < 4.78 is 0. The van der Waals surface area contributed by atoms with E-state index >= 15 is 0 Å². The standard InChI is InChI=1S/B10.4U/c1-6-9(4)10(5)7-8(2)3;;;;. The van der Waals surface area contributed by atoms with Gasteiger partial charge in [0.15, 0.2) is 0 Å². The van der Waals surface area contributed by atoms with Crippen LogP contribution in [0.4, 0.5) is 0 Å². The second-order valence-corrected chi connectivity index (χ2v) is 2.12. The van der Waals surface area contributed by atoms with Crippen LogP contribution in [0.25, 0.3) is 0 Å². The molecule has 46 valence electrons. The summed E-state index contributed by atoms with van der Waals surface area (Å²) in [6, 6.07) is 0. The molecule has 0 atom stereocenters. The Labute approximate surface area is 192 Å². The Hall–Kier alpha value is 4.86. The molecule has 14 heteroatoms. The summed E-state index contributed by atoms with van der Waals surface area (Å²) in [6.07, 6.45) is -1.29. The summed E-state index contributed by atoms with van der Waals surface area (Å²) in [5.74, 6) is 0. The zero-order chi connectivity index (χ0) is 8.15. The molecule has 0 aromatic carbocycles. The Morgan fingerprint density at radius 1 is 0.714 bits per heavy atom. The van der Waals surface area contributed by atoms with Crippen molar-refractivity contribution in [3.8, 4) is 0 Å². The maximum Gasteiger partial charge on any atom is 0 e. The monoisotopic (exact) mass is 1060 g/mol. The molecule has 0 heterocycles. The van der Waals surface area contributed by atoms with Crippen molar-refractivity contribution in [2.24, 2.45) is 0 Å². The first-order valence-electron chi connectivity index (χ1n) is 3.00. The van der Waals surface area contributed by atoms with E-state index in [0.29, 0.717) is 0 Å². The molecule has 0 nitrogen and oxygen atoms in total. The van der Waals surface area contributed by atoms with Gasteiger partial charge in [-0.1, -0.05) is 0 Å². The van der Waals surface area contributed by atoms with Crippen molar-refractivity contribution in [1.82, 2.24) is 0 Å². The van der Waals surface area contributed by atoms with Gasteiger partial charge in [-0.15, -0.1) is 0 Å². The Morgan fingerprint density at radius 3 is 1.29 bits per heavy atom. The van der Waals surface area contributed by atoms with Gasteiger partial charge in [-0.25, -0.2) is 0 Å². The summed E-state index contributed by atoms with van der Waals surface area (Å²) in [5, 5.41) is 0. The minimum Gasteiger partial charge on any atom is 0 e. The Bertz CT molecular complexity index is 86.2. The topological polar surface area (TPSA) is 0 Å². The first kappa shape index (κ1) is 31.3. The van der Waals surface area contributed by atoms with Gasteiger partial charge in [-0.2, -0.15) is 0 Å². The first-order chi connectivity index (χ1) is 4.57. The minimum absolute atomic E-state index is 0. The Balaban J connectivity index is -0.0000000675. The van der Waals surface area contributed by atoms with Gasteiger partial charge in [0.05, 0.1) is 0 Å². The molecule has 0 bridgehead atoms. The van der Waals surface area contributed by atoms with E-state index < -0.39 is 6.39 Å². The second kappa shape index (κ2) is 20.2. The number of hydrogen-bond acceptors (Lipinski definition) is 0. The van der Waals surface area contributed by atoms with E-state index in [4.69, 9.17) is 38.7 Å². The number of rotatable bonds is 4. The van der Waals surface area contributed by atoms with E-state index in [9.17, 15) is 0 Å². The van der Waals surface area contributed by atoms with E-state index in [1.165, 1.54) is 14.1 Å². The second-order valence-electron chi connectivity index (χ2n) is 2.12. The fraction of sp³-hybridized carbons (Fsp3) is 0. The molecule has 0 aromatic heterocycles. The molecule has 14 heavy (non-hydrogen) atoms. The van der Waals surface area contributed by atoms with Crippen molar-refractivity contribution in [3.63, 3.8) is 0 Å². The van der Waals surface area contributed by atoms with Crippen LogP contribution in [0.1, 0.15) is 0 Å². The van der Waals surface area contributed by atoms with Crippen molar-refractivity contribution in [2.45, 2.75) is 0 Å². The van der Waals surface area contributed by atoms with E-state index in [1.807, 2.05) is 0 Å². The predicted octanol–water partition coefficient (Wildman–Crippen LogP) is -3.81. The van der Waals surface area contributed by atoms with Crippen LogP contribution in [0.15, 0.2) is 0 Å². The zero-order valence-electron chi connectivity index (χ0n) is 7.77. The molecule has 0 amide bonds. The average Bonchev–Trinajstić information content (AvgIpc) is 1.85. The largest absolute Gasteiger partial charge is 0 e. The third-order valence-electron chi connectivity index (χ3n) is 1.11. The minimum atomic E-state index is -0.541. The summed E-state index contributed by atoms with van der Waals surface area (Å²) in [5.41, 5.74) is 0. The molecular weight excluding hydrogens is 1060 g/mol. The average molecular weight is 1060 g/mol. The molecule has 0 saturated heterocycles. The third kappa shape index (κ3) is 19.2. The summed E-state index contributed by atoms with van der Waals surface area (Å²) >= 11 is 0. The van der Waals surface area contributed by atoms with Gasteiger partial charge in [0.2, 0.25) is 0 Å². The molecule has 0 aliphatic carbocycles. The van der Waals surface area contributed by atoms with Crippen molar-refractivity contribution < 1.29 is 124 Å². The van der Waals surface area contributed by atoms with E-state index in [-0.39, 0.29) is 137 Å². The van der Waals surface area contributed by atoms with Crippen molar-refractivity contribution >= 4 is 72.0 Å². The molecule has 0 rings (SSSR count). The fourth-order valence-electron chi connectivity index (χ4n) is 0.513. The van der Waals surface area contributed by atoms with Gasteiger partial charge < -0.3 is 0 Å². The summed E-state index contributed by atoms with van der Waals surface area (Å²) in [6.45, 7) is 0. The van der Waals surface area contributed by atoms with Crippen molar-refractivity contribution in [2.75, 3.05) is 0 Å². The van der Waals surface area contributed by atoms with Gasteiger partial charge in [0.1, 0.15) is 0 Å². The van der Waals surface area contributed by atoms with Crippen LogP contribution in [0.3, 0.4) is 0 Å². The van der Waals surface area contributed by atoms with Gasteiger partial charge >= 0.3 is 0 Å². The van der Waals surface area contributed by atoms with Crippen molar-refractivity contribution in [3.05, 3.63) is 0 Å². The first-order valence-corrected chi connectivity index (χ1v) is 3.00. The van der Waals surface area contributed by atoms with E-state index in [0.717, 1.165) is 0 Å².